The van der Waals surface area contributed by atoms with Gasteiger partial charge in [-0.1, -0.05) is 30.3 Å². The van der Waals surface area contributed by atoms with Crippen molar-refractivity contribution in [2.24, 2.45) is 0 Å². The highest BCUT2D eigenvalue weighted by molar-refractivity contribution is 7.92. The first kappa shape index (κ1) is 18.0. The van der Waals surface area contributed by atoms with Crippen LogP contribution in [-0.4, -0.2) is 32.5 Å². The van der Waals surface area contributed by atoms with Gasteiger partial charge in [0.25, 0.3) is 5.91 Å². The zero-order valence-corrected chi connectivity index (χ0v) is 15.1. The third-order valence-corrected chi connectivity index (χ3v) is 4.39. The molecule has 0 spiro atoms. The summed E-state index contributed by atoms with van der Waals surface area (Å²) in [6.07, 6.45) is 1.09. The lowest BCUT2D eigenvalue weighted by atomic mass is 10.1. The molecule has 24 heavy (non-hydrogen) atoms. The van der Waals surface area contributed by atoms with Gasteiger partial charge in [0.2, 0.25) is 10.0 Å². The van der Waals surface area contributed by atoms with E-state index in [1.165, 1.54) is 0 Å². The van der Waals surface area contributed by atoms with Crippen LogP contribution in [0.2, 0.25) is 0 Å². The molecule has 0 saturated heterocycles. The summed E-state index contributed by atoms with van der Waals surface area (Å²) < 4.78 is 25.3. The zero-order chi connectivity index (χ0) is 17.9. The maximum Gasteiger partial charge on any atom is 0.253 e. The fourth-order valence-corrected chi connectivity index (χ4v) is 3.02. The summed E-state index contributed by atoms with van der Waals surface area (Å²) >= 11 is 0. The van der Waals surface area contributed by atoms with E-state index in [4.69, 9.17) is 0 Å². The van der Waals surface area contributed by atoms with Gasteiger partial charge >= 0.3 is 0 Å². The number of nitrogens with zero attached hydrogens (tertiary/aromatic N) is 1. The summed E-state index contributed by atoms with van der Waals surface area (Å²) in [5.41, 5.74) is 3.84. The molecule has 0 aliphatic carbocycles. The fraction of sp³-hybridized carbons (Fsp3) is 0.278. The Morgan fingerprint density at radius 3 is 2.38 bits per heavy atom. The van der Waals surface area contributed by atoms with E-state index >= 15 is 0 Å². The predicted molar refractivity (Wildman–Crippen MR) is 96.6 cm³/mol. The van der Waals surface area contributed by atoms with Crippen LogP contribution in [0, 0.1) is 13.8 Å². The topological polar surface area (TPSA) is 66.5 Å². The van der Waals surface area contributed by atoms with Gasteiger partial charge in [0.1, 0.15) is 0 Å². The molecule has 6 heteroatoms. The van der Waals surface area contributed by atoms with E-state index in [9.17, 15) is 13.2 Å². The van der Waals surface area contributed by atoms with E-state index in [1.807, 2.05) is 31.2 Å². The number of hydrogen-bond acceptors (Lipinski definition) is 3. The van der Waals surface area contributed by atoms with Gasteiger partial charge in [-0.3, -0.25) is 9.52 Å². The summed E-state index contributed by atoms with van der Waals surface area (Å²) in [6.45, 7) is 4.29. The summed E-state index contributed by atoms with van der Waals surface area (Å²) in [7, 11) is -1.66. The molecule has 0 bridgehead atoms. The number of anilines is 1. The van der Waals surface area contributed by atoms with Crippen molar-refractivity contribution in [2.45, 2.75) is 20.4 Å². The minimum Gasteiger partial charge on any atom is -0.337 e. The molecular weight excluding hydrogens is 324 g/mol. The maximum atomic E-state index is 12.6. The largest absolute Gasteiger partial charge is 0.337 e. The standard InChI is InChI=1S/C18H22N2O3S/c1-13-7-5-6-8-16(13)12-20(3)18(21)15-10-9-14(2)17(11-15)19-24(4,22)23/h5-11,19H,12H2,1-4H3. The Kier molecular flexibility index (Phi) is 5.29. The smallest absolute Gasteiger partial charge is 0.253 e. The molecule has 1 N–H and O–H groups in total. The number of benzene rings is 2. The van der Waals surface area contributed by atoms with Crippen LogP contribution in [0.1, 0.15) is 27.0 Å². The highest BCUT2D eigenvalue weighted by Gasteiger charge is 2.15. The van der Waals surface area contributed by atoms with Crippen LogP contribution in [-0.2, 0) is 16.6 Å². The van der Waals surface area contributed by atoms with Crippen LogP contribution in [0.3, 0.4) is 0 Å². The van der Waals surface area contributed by atoms with E-state index in [-0.39, 0.29) is 5.91 Å². The molecule has 0 saturated carbocycles. The second-order valence-electron chi connectivity index (χ2n) is 5.99. The third kappa shape index (κ3) is 4.58. The first-order valence-corrected chi connectivity index (χ1v) is 9.45. The van der Waals surface area contributed by atoms with Crippen LogP contribution >= 0.6 is 0 Å². The van der Waals surface area contributed by atoms with E-state index < -0.39 is 10.0 Å². The van der Waals surface area contributed by atoms with Crippen LogP contribution in [0.4, 0.5) is 5.69 Å². The zero-order valence-electron chi connectivity index (χ0n) is 14.3. The number of nitrogens with one attached hydrogen (secondary N) is 1. The van der Waals surface area contributed by atoms with Gasteiger partial charge in [-0.15, -0.1) is 0 Å². The van der Waals surface area contributed by atoms with Gasteiger partial charge < -0.3 is 4.90 Å². The van der Waals surface area contributed by atoms with Gasteiger partial charge in [0.15, 0.2) is 0 Å². The van der Waals surface area contributed by atoms with Crippen LogP contribution in [0.5, 0.6) is 0 Å². The number of amides is 1. The number of sulfonamides is 1. The van der Waals surface area contributed by atoms with Crippen LogP contribution in [0.15, 0.2) is 42.5 Å². The van der Waals surface area contributed by atoms with Crippen molar-refractivity contribution in [3.05, 3.63) is 64.7 Å². The van der Waals surface area contributed by atoms with Gasteiger partial charge in [-0.25, -0.2) is 8.42 Å². The Morgan fingerprint density at radius 1 is 1.08 bits per heavy atom. The monoisotopic (exact) mass is 346 g/mol. The molecule has 0 unspecified atom stereocenters. The first-order chi connectivity index (χ1) is 11.2. The Bertz CT molecular complexity index is 860. The van der Waals surface area contributed by atoms with Gasteiger partial charge in [-0.2, -0.15) is 0 Å². The summed E-state index contributed by atoms with van der Waals surface area (Å²) in [4.78, 5) is 14.3. The van der Waals surface area contributed by atoms with Gasteiger partial charge in [-0.05, 0) is 42.7 Å². The quantitative estimate of drug-likeness (QED) is 0.905. The molecule has 0 fully saturated rings. The van der Waals surface area contributed by atoms with E-state index in [0.29, 0.717) is 17.8 Å². The average Bonchev–Trinajstić information content (AvgIpc) is 2.49. The Balaban J connectivity index is 2.23. The number of aryl methyl sites for hydroxylation is 2. The molecule has 0 atom stereocenters. The van der Waals surface area contributed by atoms with Crippen molar-refractivity contribution in [1.82, 2.24) is 4.90 Å². The molecule has 2 aromatic rings. The summed E-state index contributed by atoms with van der Waals surface area (Å²) in [6, 6.07) is 12.9. The Hall–Kier alpha value is -2.34. The molecule has 0 aromatic heterocycles. The molecule has 2 aromatic carbocycles. The molecule has 2 rings (SSSR count). The van der Waals surface area contributed by atoms with Crippen molar-refractivity contribution in [3.63, 3.8) is 0 Å². The molecule has 0 radical (unpaired) electrons. The third-order valence-electron chi connectivity index (χ3n) is 3.80. The van der Waals surface area contributed by atoms with Crippen molar-refractivity contribution in [3.8, 4) is 0 Å². The molecule has 0 heterocycles. The number of carbonyl (C=O) groups is 1. The summed E-state index contributed by atoms with van der Waals surface area (Å²) in [5, 5.41) is 0. The predicted octanol–water partition coefficient (Wildman–Crippen LogP) is 2.95. The molecule has 1 amide bonds. The van der Waals surface area contributed by atoms with Crippen molar-refractivity contribution >= 4 is 21.6 Å². The lowest BCUT2D eigenvalue weighted by molar-refractivity contribution is 0.0785. The highest BCUT2D eigenvalue weighted by atomic mass is 32.2. The Morgan fingerprint density at radius 2 is 1.75 bits per heavy atom. The Labute approximate surface area is 143 Å². The fourth-order valence-electron chi connectivity index (χ4n) is 2.40. The van der Waals surface area contributed by atoms with Crippen molar-refractivity contribution in [1.29, 1.82) is 0 Å². The van der Waals surface area contributed by atoms with Crippen molar-refractivity contribution < 1.29 is 13.2 Å². The molecule has 5 nitrogen and oxygen atoms in total. The second-order valence-corrected chi connectivity index (χ2v) is 7.74. The number of carbonyl (C=O) groups excluding carboxylic acids is 1. The van der Waals surface area contributed by atoms with Crippen LogP contribution in [0.25, 0.3) is 0 Å². The van der Waals surface area contributed by atoms with E-state index in [1.54, 1.807) is 37.1 Å². The average molecular weight is 346 g/mol. The molecule has 0 aliphatic rings. The van der Waals surface area contributed by atoms with Crippen molar-refractivity contribution in [2.75, 3.05) is 18.0 Å². The molecule has 128 valence electrons. The van der Waals surface area contributed by atoms with E-state index in [2.05, 4.69) is 4.72 Å². The lowest BCUT2D eigenvalue weighted by Gasteiger charge is -2.19. The van der Waals surface area contributed by atoms with E-state index in [0.717, 1.165) is 22.9 Å². The lowest BCUT2D eigenvalue weighted by Crippen LogP contribution is -2.26. The minimum atomic E-state index is -3.39. The second kappa shape index (κ2) is 7.05. The SMILES string of the molecule is Cc1ccccc1CN(C)C(=O)c1ccc(C)c(NS(C)(=O)=O)c1. The van der Waals surface area contributed by atoms with Gasteiger partial charge in [0.05, 0.1) is 11.9 Å². The highest BCUT2D eigenvalue weighted by Crippen LogP contribution is 2.20. The number of rotatable bonds is 5. The normalized spacial score (nSPS) is 11.2. The molecular formula is C18H22N2O3S. The van der Waals surface area contributed by atoms with Gasteiger partial charge in [0, 0.05) is 19.2 Å². The minimum absolute atomic E-state index is 0.158. The van der Waals surface area contributed by atoms with Crippen LogP contribution < -0.4 is 4.72 Å². The molecule has 0 aliphatic heterocycles. The number of hydrogen-bond donors (Lipinski definition) is 1. The first-order valence-electron chi connectivity index (χ1n) is 7.56. The summed E-state index contributed by atoms with van der Waals surface area (Å²) in [5.74, 6) is -0.158. The maximum absolute atomic E-state index is 12.6.